The second-order valence-corrected chi connectivity index (χ2v) is 27.8. The average Bonchev–Trinajstić information content (AvgIpc) is 3.56. The summed E-state index contributed by atoms with van der Waals surface area (Å²) < 4.78 is 23.8. The van der Waals surface area contributed by atoms with Gasteiger partial charge in [0.15, 0.2) is 0 Å². The molecule has 0 aromatic carbocycles. The van der Waals surface area contributed by atoms with E-state index in [0.29, 0.717) is 17.4 Å². The summed E-state index contributed by atoms with van der Waals surface area (Å²) in [5.41, 5.74) is 0. The van der Waals surface area contributed by atoms with Crippen LogP contribution in [0.5, 0.6) is 0 Å². The first-order valence-corrected chi connectivity index (χ1v) is 38.2. The maximum atomic E-state index is 13.0. The monoisotopic (exact) mass is 1200 g/mol. The summed E-state index contributed by atoms with van der Waals surface area (Å²) in [5.74, 6) is -0.187. The number of amides is 1. The van der Waals surface area contributed by atoms with Gasteiger partial charge in [-0.15, -0.1) is 0 Å². The molecule has 0 fully saturated rings. The molecule has 3 atom stereocenters. The third-order valence-corrected chi connectivity index (χ3v) is 17.7. The Bertz CT molecular complexity index is 1550. The first kappa shape index (κ1) is 82.2. The van der Waals surface area contributed by atoms with Crippen molar-refractivity contribution in [2.75, 3.05) is 40.9 Å². The summed E-state index contributed by atoms with van der Waals surface area (Å²) in [6, 6.07) is -0.873. The van der Waals surface area contributed by atoms with E-state index in [0.717, 1.165) is 51.4 Å². The lowest BCUT2D eigenvalue weighted by molar-refractivity contribution is -0.870. The van der Waals surface area contributed by atoms with Gasteiger partial charge >= 0.3 is 7.82 Å². The number of hydrogen-bond acceptors (Lipinski definition) is 5. The minimum absolute atomic E-state index is 0.0532. The van der Waals surface area contributed by atoms with E-state index >= 15 is 0 Å². The smallest absolute Gasteiger partial charge is 0.387 e. The number of hydrogen-bond donors (Lipinski definition) is 3. The van der Waals surface area contributed by atoms with Gasteiger partial charge in [-0.3, -0.25) is 13.8 Å². The predicted molar refractivity (Wildman–Crippen MR) is 369 cm³/mol. The number of rotatable bonds is 68. The van der Waals surface area contributed by atoms with Crippen molar-refractivity contribution in [2.24, 2.45) is 0 Å². The molecule has 3 unspecified atom stereocenters. The number of nitrogens with zero attached hydrogens (tertiary/aromatic N) is 1. The Morgan fingerprint density at radius 1 is 0.405 bits per heavy atom. The minimum atomic E-state index is -4.37. The fourth-order valence-corrected chi connectivity index (χ4v) is 11.7. The van der Waals surface area contributed by atoms with Gasteiger partial charge in [-0.05, 0) is 77.0 Å². The van der Waals surface area contributed by atoms with Crippen LogP contribution in [0.4, 0.5) is 0 Å². The zero-order chi connectivity index (χ0) is 61.2. The molecular weight excluding hydrogens is 1060 g/mol. The van der Waals surface area contributed by atoms with Gasteiger partial charge in [0.2, 0.25) is 5.91 Å². The molecule has 3 N–H and O–H groups in total. The summed E-state index contributed by atoms with van der Waals surface area (Å²) in [5, 5.41) is 14.0. The number of aliphatic hydroxyl groups excluding tert-OH is 1. The molecule has 1 amide bonds. The lowest BCUT2D eigenvalue weighted by Gasteiger charge is -2.25. The highest BCUT2D eigenvalue weighted by atomic mass is 31.2. The molecule has 0 aliphatic rings. The quantitative estimate of drug-likeness (QED) is 0.0243. The van der Waals surface area contributed by atoms with E-state index in [1.165, 1.54) is 289 Å². The topological polar surface area (TPSA) is 105 Å². The summed E-state index contributed by atoms with van der Waals surface area (Å²) >= 11 is 0. The van der Waals surface area contributed by atoms with Crippen LogP contribution in [0.15, 0.2) is 60.8 Å². The molecule has 84 heavy (non-hydrogen) atoms. The van der Waals surface area contributed by atoms with Gasteiger partial charge in [0.1, 0.15) is 13.2 Å². The fraction of sp³-hybridized carbons (Fsp3) is 0.853. The third-order valence-electron chi connectivity index (χ3n) is 16.7. The molecule has 8 nitrogen and oxygen atoms in total. The molecule has 0 radical (unpaired) electrons. The first-order chi connectivity index (χ1) is 41.0. The van der Waals surface area contributed by atoms with Crippen LogP contribution in [0, 0.1) is 0 Å². The summed E-state index contributed by atoms with van der Waals surface area (Å²) in [4.78, 5) is 23.4. The Balaban J connectivity index is 4.02. The zero-order valence-electron chi connectivity index (χ0n) is 56.7. The number of phosphoric ester groups is 1. The van der Waals surface area contributed by atoms with Gasteiger partial charge in [0, 0.05) is 6.42 Å². The van der Waals surface area contributed by atoms with Crippen LogP contribution >= 0.6 is 7.82 Å². The minimum Gasteiger partial charge on any atom is -0.387 e. The molecule has 0 aliphatic carbocycles. The van der Waals surface area contributed by atoms with Crippen LogP contribution in [0.3, 0.4) is 0 Å². The number of quaternary nitrogens is 1. The second kappa shape index (κ2) is 65.6. The number of nitrogens with one attached hydrogen (secondary N) is 1. The summed E-state index contributed by atoms with van der Waals surface area (Å²) in [6.45, 7) is 4.83. The van der Waals surface area contributed by atoms with Crippen molar-refractivity contribution >= 4 is 13.7 Å². The Hall–Kier alpha value is -1.80. The molecule has 0 saturated carbocycles. The van der Waals surface area contributed by atoms with E-state index in [1.54, 1.807) is 6.08 Å². The normalized spacial score (nSPS) is 13.9. The highest BCUT2D eigenvalue weighted by Crippen LogP contribution is 2.43. The molecule has 0 aliphatic heterocycles. The van der Waals surface area contributed by atoms with Gasteiger partial charge in [-0.1, -0.05) is 338 Å². The molecule has 0 saturated heterocycles. The molecular formula is C75H144N2O6P+. The number of carbonyl (C=O) groups excluding carboxylic acids is 1. The molecule has 0 heterocycles. The van der Waals surface area contributed by atoms with Crippen molar-refractivity contribution < 1.29 is 32.9 Å². The Kier molecular flexibility index (Phi) is 64.2. The van der Waals surface area contributed by atoms with E-state index in [-0.39, 0.29) is 19.1 Å². The maximum Gasteiger partial charge on any atom is 0.472 e. The lowest BCUT2D eigenvalue weighted by atomic mass is 10.0. The number of carbonyl (C=O) groups is 1. The van der Waals surface area contributed by atoms with Crippen molar-refractivity contribution in [2.45, 2.75) is 373 Å². The van der Waals surface area contributed by atoms with Crippen molar-refractivity contribution in [3.63, 3.8) is 0 Å². The number of likely N-dealkylation sites (N-methyl/N-ethyl adjacent to an activating group) is 1. The van der Waals surface area contributed by atoms with E-state index in [4.69, 9.17) is 9.05 Å². The molecule has 0 aromatic rings. The molecule has 494 valence electrons. The zero-order valence-corrected chi connectivity index (χ0v) is 57.5. The van der Waals surface area contributed by atoms with Crippen molar-refractivity contribution in [3.8, 4) is 0 Å². The van der Waals surface area contributed by atoms with Crippen LogP contribution in [0.25, 0.3) is 0 Å². The average molecular weight is 1200 g/mol. The van der Waals surface area contributed by atoms with E-state index < -0.39 is 20.0 Å². The van der Waals surface area contributed by atoms with Crippen LogP contribution in [0.1, 0.15) is 361 Å². The third kappa shape index (κ3) is 67.7. The lowest BCUT2D eigenvalue weighted by Crippen LogP contribution is -2.45. The Labute approximate surface area is 523 Å². The van der Waals surface area contributed by atoms with Crippen LogP contribution in [-0.4, -0.2) is 73.4 Å². The van der Waals surface area contributed by atoms with Gasteiger partial charge in [-0.2, -0.15) is 0 Å². The second-order valence-electron chi connectivity index (χ2n) is 26.3. The van der Waals surface area contributed by atoms with Gasteiger partial charge in [-0.25, -0.2) is 4.57 Å². The highest BCUT2D eigenvalue weighted by molar-refractivity contribution is 7.47. The molecule has 0 aromatic heterocycles. The maximum absolute atomic E-state index is 13.0. The number of allylic oxidation sites excluding steroid dienone is 9. The molecule has 0 spiro atoms. The van der Waals surface area contributed by atoms with Crippen molar-refractivity contribution in [1.82, 2.24) is 5.32 Å². The van der Waals surface area contributed by atoms with E-state index in [1.807, 2.05) is 27.2 Å². The summed E-state index contributed by atoms with van der Waals surface area (Å²) in [6.07, 6.45) is 91.1. The summed E-state index contributed by atoms with van der Waals surface area (Å²) in [7, 11) is 1.55. The van der Waals surface area contributed by atoms with Crippen LogP contribution < -0.4 is 5.32 Å². The molecule has 0 rings (SSSR count). The van der Waals surface area contributed by atoms with Crippen LogP contribution in [-0.2, 0) is 18.4 Å². The number of aliphatic hydroxyl groups is 1. The fourth-order valence-electron chi connectivity index (χ4n) is 11.0. The van der Waals surface area contributed by atoms with E-state index in [2.05, 4.69) is 67.8 Å². The standard InChI is InChI=1S/C75H143N2O6P/c1-6-8-10-12-14-16-18-20-22-24-26-28-30-31-32-33-34-35-36-37-38-39-40-41-42-43-44-45-47-49-51-53-55-57-59-61-63-65-67-69-75(79)76-73(72-83-84(80,81)82-71-70-77(3,4)5)74(78)68-66-64-62-60-58-56-54-52-50-48-46-29-27-25-23-21-19-17-15-13-11-9-7-2/h34-35,37-38,50,52,58,60,66,68,73-74,78H,6-33,36,39-49,51,53-57,59,61-65,67,69-72H2,1-5H3,(H-,76,79,80,81)/p+1/b35-34-,38-37-,52-50+,60-58+,68-66+. The first-order valence-electron chi connectivity index (χ1n) is 36.7. The predicted octanol–water partition coefficient (Wildman–Crippen LogP) is 23.6. The van der Waals surface area contributed by atoms with Crippen LogP contribution in [0.2, 0.25) is 0 Å². The Morgan fingerprint density at radius 2 is 0.690 bits per heavy atom. The largest absolute Gasteiger partial charge is 0.472 e. The number of phosphoric acid groups is 1. The van der Waals surface area contributed by atoms with Gasteiger partial charge in [0.05, 0.1) is 39.9 Å². The molecule has 0 bridgehead atoms. The number of unbranched alkanes of at least 4 members (excludes halogenated alkanes) is 47. The van der Waals surface area contributed by atoms with Crippen molar-refractivity contribution in [3.05, 3.63) is 60.8 Å². The highest BCUT2D eigenvalue weighted by Gasteiger charge is 2.28. The molecule has 9 heteroatoms. The van der Waals surface area contributed by atoms with E-state index in [9.17, 15) is 19.4 Å². The SMILES string of the molecule is CCCCCCCCCCCCCCC/C=C/CC/C=C/CC/C=C/C(O)C(COP(=O)(O)OCC[N+](C)(C)C)NC(=O)CCCCCCCCCCCCCCCCCCC/C=C\C/C=C\CCCCCCCCCCCCCCCCC. The van der Waals surface area contributed by atoms with Gasteiger partial charge < -0.3 is 19.8 Å². The van der Waals surface area contributed by atoms with Gasteiger partial charge in [0.25, 0.3) is 0 Å². The van der Waals surface area contributed by atoms with Crippen molar-refractivity contribution in [1.29, 1.82) is 0 Å². The Morgan fingerprint density at radius 3 is 1.02 bits per heavy atom.